The molecule has 2 aromatic rings. The predicted octanol–water partition coefficient (Wildman–Crippen LogP) is 2.53. The van der Waals surface area contributed by atoms with Crippen molar-refractivity contribution in [2.75, 3.05) is 0 Å². The van der Waals surface area contributed by atoms with E-state index in [1.165, 1.54) is 0 Å². The van der Waals surface area contributed by atoms with Crippen LogP contribution in [0.15, 0.2) is 36.4 Å². The van der Waals surface area contributed by atoms with Gasteiger partial charge in [0.2, 0.25) is 5.91 Å². The van der Waals surface area contributed by atoms with Crippen molar-refractivity contribution in [1.82, 2.24) is 4.90 Å². The number of nitrogens with zero attached hydrogens (tertiary/aromatic N) is 1. The molecule has 0 bridgehead atoms. The van der Waals surface area contributed by atoms with Crippen LogP contribution in [0.5, 0.6) is 0 Å². The van der Waals surface area contributed by atoms with Crippen molar-refractivity contribution in [2.45, 2.75) is 25.4 Å². The predicted molar refractivity (Wildman–Crippen MR) is 71.9 cm³/mol. The molecule has 1 amide bonds. The summed E-state index contributed by atoms with van der Waals surface area (Å²) in [5.41, 5.74) is 1.81. The van der Waals surface area contributed by atoms with Crippen LogP contribution < -0.4 is 0 Å². The van der Waals surface area contributed by atoms with E-state index in [2.05, 4.69) is 0 Å². The zero-order chi connectivity index (χ0) is 13.0. The lowest BCUT2D eigenvalue weighted by atomic mass is 9.89. The first-order chi connectivity index (χ1) is 9.25. The van der Waals surface area contributed by atoms with Crippen LogP contribution in [0.2, 0.25) is 0 Å². The fourth-order valence-corrected chi connectivity index (χ4v) is 3.29. The van der Waals surface area contributed by atoms with Crippen LogP contribution in [-0.2, 0) is 11.3 Å². The summed E-state index contributed by atoms with van der Waals surface area (Å²) in [6.07, 6.45) is 1.17. The number of ketones is 1. The lowest BCUT2D eigenvalue weighted by molar-refractivity contribution is -0.129. The topological polar surface area (TPSA) is 37.4 Å². The highest BCUT2D eigenvalue weighted by atomic mass is 16.2. The molecule has 2 heterocycles. The molecule has 19 heavy (non-hydrogen) atoms. The van der Waals surface area contributed by atoms with E-state index in [9.17, 15) is 9.59 Å². The number of rotatable bonds is 0. The third kappa shape index (κ3) is 1.38. The van der Waals surface area contributed by atoms with Gasteiger partial charge in [-0.1, -0.05) is 36.4 Å². The van der Waals surface area contributed by atoms with Gasteiger partial charge < -0.3 is 4.90 Å². The van der Waals surface area contributed by atoms with Gasteiger partial charge in [-0.3, -0.25) is 9.59 Å². The second kappa shape index (κ2) is 3.67. The maximum atomic E-state index is 12.5. The Hall–Kier alpha value is -2.16. The molecule has 0 aromatic heterocycles. The third-order valence-electron chi connectivity index (χ3n) is 4.27. The minimum atomic E-state index is -0.221. The molecule has 0 radical (unpaired) electrons. The summed E-state index contributed by atoms with van der Waals surface area (Å²) in [4.78, 5) is 26.1. The van der Waals surface area contributed by atoms with Crippen molar-refractivity contribution in [3.05, 3.63) is 47.5 Å². The summed E-state index contributed by atoms with van der Waals surface area (Å²) in [6.45, 7) is 0.575. The molecule has 0 N–H and O–H groups in total. The highest BCUT2D eigenvalue weighted by Crippen LogP contribution is 2.34. The second-order valence-corrected chi connectivity index (χ2v) is 5.25. The Kier molecular flexibility index (Phi) is 2.07. The quantitative estimate of drug-likeness (QED) is 0.721. The van der Waals surface area contributed by atoms with Crippen LogP contribution in [0.25, 0.3) is 10.8 Å². The molecule has 2 aliphatic rings. The zero-order valence-electron chi connectivity index (χ0n) is 10.4. The Morgan fingerprint density at radius 1 is 1.05 bits per heavy atom. The molecule has 2 aliphatic heterocycles. The lowest BCUT2D eigenvalue weighted by Crippen LogP contribution is -2.42. The highest BCUT2D eigenvalue weighted by Gasteiger charge is 2.41. The average molecular weight is 251 g/mol. The van der Waals surface area contributed by atoms with Crippen LogP contribution in [0.3, 0.4) is 0 Å². The number of carbonyl (C=O) groups is 2. The number of hydrogen-bond acceptors (Lipinski definition) is 2. The largest absolute Gasteiger partial charge is 0.328 e. The van der Waals surface area contributed by atoms with Crippen LogP contribution in [0.1, 0.15) is 28.8 Å². The molecule has 1 atom stereocenters. The molecule has 4 rings (SSSR count). The summed E-state index contributed by atoms with van der Waals surface area (Å²) < 4.78 is 0. The van der Waals surface area contributed by atoms with E-state index in [0.717, 1.165) is 21.9 Å². The number of hydrogen-bond donors (Lipinski definition) is 0. The van der Waals surface area contributed by atoms with Crippen LogP contribution in [-0.4, -0.2) is 22.6 Å². The van der Waals surface area contributed by atoms with Crippen LogP contribution in [0, 0.1) is 0 Å². The molecule has 2 aromatic carbocycles. The SMILES string of the molecule is O=C1c2ccc3ccccc3c2CN2C(=O)CCC12. The zero-order valence-corrected chi connectivity index (χ0v) is 10.4. The third-order valence-corrected chi connectivity index (χ3v) is 4.27. The van der Waals surface area contributed by atoms with Crippen molar-refractivity contribution in [3.8, 4) is 0 Å². The number of Topliss-reactive ketones (excluding diaryl/α,β-unsaturated/α-hetero) is 1. The number of carbonyl (C=O) groups excluding carboxylic acids is 2. The van der Waals surface area contributed by atoms with Gasteiger partial charge in [0.1, 0.15) is 0 Å². The van der Waals surface area contributed by atoms with Crippen molar-refractivity contribution in [3.63, 3.8) is 0 Å². The van der Waals surface area contributed by atoms with Gasteiger partial charge in [0.05, 0.1) is 6.04 Å². The fourth-order valence-electron chi connectivity index (χ4n) is 3.29. The van der Waals surface area contributed by atoms with E-state index in [1.807, 2.05) is 36.4 Å². The highest BCUT2D eigenvalue weighted by molar-refractivity contribution is 6.09. The first-order valence-electron chi connectivity index (χ1n) is 6.60. The standard InChI is InChI=1S/C16H13NO2/c18-15-8-7-14-16(19)12-6-5-10-3-1-2-4-11(10)13(12)9-17(14)15/h1-6,14H,7-9H2. The monoisotopic (exact) mass is 251 g/mol. The Labute approximate surface area is 110 Å². The van der Waals surface area contributed by atoms with Crippen LogP contribution >= 0.6 is 0 Å². The van der Waals surface area contributed by atoms with Gasteiger partial charge in [0, 0.05) is 18.5 Å². The second-order valence-electron chi connectivity index (χ2n) is 5.25. The van der Waals surface area contributed by atoms with E-state index in [4.69, 9.17) is 0 Å². The molecule has 3 nitrogen and oxygen atoms in total. The van der Waals surface area contributed by atoms with Gasteiger partial charge >= 0.3 is 0 Å². The molecule has 1 saturated heterocycles. The lowest BCUT2D eigenvalue weighted by Gasteiger charge is -2.31. The van der Waals surface area contributed by atoms with E-state index >= 15 is 0 Å². The Balaban J connectivity index is 1.97. The van der Waals surface area contributed by atoms with Gasteiger partial charge in [-0.15, -0.1) is 0 Å². The normalized spacial score (nSPS) is 21.7. The summed E-state index contributed by atoms with van der Waals surface area (Å²) in [7, 11) is 0. The van der Waals surface area contributed by atoms with E-state index in [1.54, 1.807) is 4.90 Å². The van der Waals surface area contributed by atoms with Crippen molar-refractivity contribution in [2.24, 2.45) is 0 Å². The molecular formula is C16H13NO2. The molecule has 3 heteroatoms. The van der Waals surface area contributed by atoms with E-state index < -0.39 is 0 Å². The molecule has 94 valence electrons. The molecule has 1 unspecified atom stereocenters. The van der Waals surface area contributed by atoms with E-state index in [-0.39, 0.29) is 17.7 Å². The molecule has 0 spiro atoms. The Bertz CT molecular complexity index is 720. The summed E-state index contributed by atoms with van der Waals surface area (Å²) >= 11 is 0. The minimum absolute atomic E-state index is 0.108. The number of amides is 1. The maximum absolute atomic E-state index is 12.5. The van der Waals surface area contributed by atoms with Crippen molar-refractivity contribution >= 4 is 22.5 Å². The number of fused-ring (bicyclic) bond motifs is 4. The smallest absolute Gasteiger partial charge is 0.223 e. The molecule has 0 saturated carbocycles. The first kappa shape index (κ1) is 10.7. The van der Waals surface area contributed by atoms with Gasteiger partial charge in [-0.25, -0.2) is 0 Å². The van der Waals surface area contributed by atoms with Crippen LogP contribution in [0.4, 0.5) is 0 Å². The maximum Gasteiger partial charge on any atom is 0.223 e. The summed E-state index contributed by atoms with van der Waals surface area (Å²) in [5.74, 6) is 0.217. The molecule has 1 fully saturated rings. The van der Waals surface area contributed by atoms with Gasteiger partial charge in [0.15, 0.2) is 5.78 Å². The van der Waals surface area contributed by atoms with E-state index in [0.29, 0.717) is 19.4 Å². The molecular weight excluding hydrogens is 238 g/mol. The fraction of sp³-hybridized carbons (Fsp3) is 0.250. The molecule has 0 aliphatic carbocycles. The summed E-state index contributed by atoms with van der Waals surface area (Å²) in [5, 5.41) is 2.21. The minimum Gasteiger partial charge on any atom is -0.328 e. The first-order valence-corrected chi connectivity index (χ1v) is 6.60. The van der Waals surface area contributed by atoms with Gasteiger partial charge in [0.25, 0.3) is 0 Å². The van der Waals surface area contributed by atoms with Gasteiger partial charge in [-0.2, -0.15) is 0 Å². The van der Waals surface area contributed by atoms with Crippen molar-refractivity contribution in [1.29, 1.82) is 0 Å². The Morgan fingerprint density at radius 3 is 2.79 bits per heavy atom. The average Bonchev–Trinajstić information content (AvgIpc) is 2.81. The summed E-state index contributed by atoms with van der Waals surface area (Å²) in [6, 6.07) is 11.7. The Morgan fingerprint density at radius 2 is 1.89 bits per heavy atom. The number of benzene rings is 2. The van der Waals surface area contributed by atoms with Gasteiger partial charge in [-0.05, 0) is 22.8 Å². The van der Waals surface area contributed by atoms with Crippen molar-refractivity contribution < 1.29 is 9.59 Å².